The van der Waals surface area contributed by atoms with Crippen molar-refractivity contribution in [3.05, 3.63) is 48.3 Å². The van der Waals surface area contributed by atoms with Gasteiger partial charge in [-0.05, 0) is 12.1 Å². The van der Waals surface area contributed by atoms with Gasteiger partial charge in [-0.25, -0.2) is 9.97 Å². The van der Waals surface area contributed by atoms with Crippen molar-refractivity contribution < 1.29 is 9.53 Å². The number of anilines is 1. The molecule has 1 atom stereocenters. The average molecular weight is 352 g/mol. The molecule has 2 aliphatic heterocycles. The second kappa shape index (κ2) is 6.94. The quantitative estimate of drug-likeness (QED) is 0.920. The summed E-state index contributed by atoms with van der Waals surface area (Å²) in [4.78, 5) is 22.9. The third kappa shape index (κ3) is 3.23. The summed E-state index contributed by atoms with van der Waals surface area (Å²) in [6, 6.07) is 9.89. The fourth-order valence-corrected chi connectivity index (χ4v) is 3.92. The van der Waals surface area contributed by atoms with Gasteiger partial charge in [0.15, 0.2) is 0 Å². The number of piperidine rings is 1. The van der Waals surface area contributed by atoms with Crippen molar-refractivity contribution >= 4 is 11.9 Å². The van der Waals surface area contributed by atoms with E-state index in [-0.39, 0.29) is 17.6 Å². The van der Waals surface area contributed by atoms with Crippen molar-refractivity contribution in [1.29, 1.82) is 0 Å². The van der Waals surface area contributed by atoms with Crippen LogP contribution in [0.4, 0.5) is 5.95 Å². The molecule has 3 heterocycles. The van der Waals surface area contributed by atoms with Crippen molar-refractivity contribution in [2.24, 2.45) is 0 Å². The zero-order valence-electron chi connectivity index (χ0n) is 15.0. The van der Waals surface area contributed by atoms with E-state index in [1.165, 1.54) is 0 Å². The maximum Gasteiger partial charge on any atom is 0.225 e. The monoisotopic (exact) mass is 352 g/mol. The summed E-state index contributed by atoms with van der Waals surface area (Å²) in [5, 5.41) is 3.18. The summed E-state index contributed by atoms with van der Waals surface area (Å²) >= 11 is 0. The van der Waals surface area contributed by atoms with Crippen LogP contribution in [0.1, 0.15) is 44.2 Å². The van der Waals surface area contributed by atoms with Crippen LogP contribution < -0.4 is 15.0 Å². The number of carbonyl (C=O) groups excluding carboxylic acids is 1. The molecule has 1 unspecified atom stereocenters. The van der Waals surface area contributed by atoms with E-state index in [9.17, 15) is 4.79 Å². The maximum absolute atomic E-state index is 12.0. The van der Waals surface area contributed by atoms with Crippen LogP contribution in [0, 0.1) is 0 Å². The van der Waals surface area contributed by atoms with Gasteiger partial charge in [-0.3, -0.25) is 4.79 Å². The first kappa shape index (κ1) is 16.8. The van der Waals surface area contributed by atoms with Crippen molar-refractivity contribution in [3.63, 3.8) is 0 Å². The largest absolute Gasteiger partial charge is 0.487 e. The molecule has 0 saturated carbocycles. The molecule has 4 rings (SSSR count). The second-order valence-electron chi connectivity index (χ2n) is 7.04. The van der Waals surface area contributed by atoms with Gasteiger partial charge < -0.3 is 15.0 Å². The molecule has 0 radical (unpaired) electrons. The third-order valence-corrected chi connectivity index (χ3v) is 5.36. The topological polar surface area (TPSA) is 67.4 Å². The van der Waals surface area contributed by atoms with Gasteiger partial charge in [0, 0.05) is 56.7 Å². The number of amides is 1. The van der Waals surface area contributed by atoms with Crippen LogP contribution in [0.2, 0.25) is 0 Å². The molecule has 26 heavy (non-hydrogen) atoms. The molecule has 2 aliphatic rings. The van der Waals surface area contributed by atoms with Gasteiger partial charge >= 0.3 is 0 Å². The van der Waals surface area contributed by atoms with E-state index in [0.29, 0.717) is 6.42 Å². The Labute approximate surface area is 153 Å². The number of carbonyl (C=O) groups is 1. The summed E-state index contributed by atoms with van der Waals surface area (Å²) in [5.41, 5.74) is 0.833. The number of ether oxygens (including phenoxy) is 1. The minimum Gasteiger partial charge on any atom is -0.487 e. The highest BCUT2D eigenvalue weighted by Crippen LogP contribution is 2.44. The third-order valence-electron chi connectivity index (χ3n) is 5.36. The standard InChI is InChI=1S/C20H24N4O2/c1-2-18(25)23-16-14-20(26-17-7-4-3-6-15(16)17)8-12-24(13-9-20)19-21-10-5-11-22-19/h3-7,10-11,16H,2,8-9,12-14H2,1H3,(H,23,25). The highest BCUT2D eigenvalue weighted by molar-refractivity contribution is 5.76. The Hall–Kier alpha value is -2.63. The lowest BCUT2D eigenvalue weighted by Crippen LogP contribution is -2.52. The van der Waals surface area contributed by atoms with Gasteiger partial charge in [-0.15, -0.1) is 0 Å². The van der Waals surface area contributed by atoms with Gasteiger partial charge in [-0.2, -0.15) is 0 Å². The number of nitrogens with one attached hydrogen (secondary N) is 1. The number of hydrogen-bond donors (Lipinski definition) is 1. The zero-order chi connectivity index (χ0) is 18.0. The Morgan fingerprint density at radius 3 is 2.69 bits per heavy atom. The van der Waals surface area contributed by atoms with Gasteiger partial charge in [0.25, 0.3) is 0 Å². The molecule has 0 aliphatic carbocycles. The minimum absolute atomic E-state index is 0.00641. The highest BCUT2D eigenvalue weighted by atomic mass is 16.5. The van der Waals surface area contributed by atoms with Gasteiger partial charge in [-0.1, -0.05) is 25.1 Å². The van der Waals surface area contributed by atoms with E-state index in [2.05, 4.69) is 26.3 Å². The predicted molar refractivity (Wildman–Crippen MR) is 99.1 cm³/mol. The molecule has 1 aromatic carbocycles. The number of hydrogen-bond acceptors (Lipinski definition) is 5. The number of nitrogens with zero attached hydrogens (tertiary/aromatic N) is 3. The number of benzene rings is 1. The lowest BCUT2D eigenvalue weighted by atomic mass is 9.80. The Morgan fingerprint density at radius 2 is 1.96 bits per heavy atom. The molecule has 2 aromatic rings. The minimum atomic E-state index is -0.245. The molecule has 0 bridgehead atoms. The smallest absolute Gasteiger partial charge is 0.225 e. The van der Waals surface area contributed by atoms with Crippen molar-refractivity contribution in [3.8, 4) is 5.75 Å². The van der Waals surface area contributed by atoms with E-state index < -0.39 is 0 Å². The van der Waals surface area contributed by atoms with Crippen LogP contribution in [0.25, 0.3) is 0 Å². The summed E-state index contributed by atoms with van der Waals surface area (Å²) in [7, 11) is 0. The molecular formula is C20H24N4O2. The molecular weight excluding hydrogens is 328 g/mol. The van der Waals surface area contributed by atoms with Gasteiger partial charge in [0.05, 0.1) is 6.04 Å². The number of rotatable bonds is 3. The Bertz CT molecular complexity index is 772. The Balaban J connectivity index is 1.53. The van der Waals surface area contributed by atoms with Crippen LogP contribution >= 0.6 is 0 Å². The van der Waals surface area contributed by atoms with Crippen molar-refractivity contribution in [2.45, 2.75) is 44.2 Å². The van der Waals surface area contributed by atoms with E-state index in [0.717, 1.165) is 49.6 Å². The Kier molecular flexibility index (Phi) is 4.49. The summed E-state index contributed by atoms with van der Waals surface area (Å²) in [6.45, 7) is 3.58. The summed E-state index contributed by atoms with van der Waals surface area (Å²) in [6.07, 6.45) is 6.62. The molecule has 1 spiro atoms. The SMILES string of the molecule is CCC(=O)NC1CC2(CCN(c3ncccn3)CC2)Oc2ccccc21. The lowest BCUT2D eigenvalue weighted by Gasteiger charge is -2.47. The average Bonchev–Trinajstić information content (AvgIpc) is 2.69. The van der Waals surface area contributed by atoms with Crippen LogP contribution in [0.15, 0.2) is 42.7 Å². The van der Waals surface area contributed by atoms with Crippen LogP contribution in [0.3, 0.4) is 0 Å². The van der Waals surface area contributed by atoms with Crippen molar-refractivity contribution in [2.75, 3.05) is 18.0 Å². The Morgan fingerprint density at radius 1 is 1.23 bits per heavy atom. The molecule has 1 saturated heterocycles. The van der Waals surface area contributed by atoms with Crippen molar-refractivity contribution in [1.82, 2.24) is 15.3 Å². The summed E-state index contributed by atoms with van der Waals surface area (Å²) < 4.78 is 6.47. The molecule has 1 N–H and O–H groups in total. The molecule has 6 nitrogen and oxygen atoms in total. The number of fused-ring (bicyclic) bond motifs is 1. The van der Waals surface area contributed by atoms with E-state index in [1.54, 1.807) is 12.4 Å². The molecule has 1 aromatic heterocycles. The van der Waals surface area contributed by atoms with Crippen LogP contribution in [0.5, 0.6) is 5.75 Å². The van der Waals surface area contributed by atoms with E-state index >= 15 is 0 Å². The van der Waals surface area contributed by atoms with Gasteiger partial charge in [0.2, 0.25) is 11.9 Å². The van der Waals surface area contributed by atoms with E-state index in [4.69, 9.17) is 4.74 Å². The van der Waals surface area contributed by atoms with Crippen LogP contribution in [-0.4, -0.2) is 34.6 Å². The first-order valence-electron chi connectivity index (χ1n) is 9.28. The van der Waals surface area contributed by atoms with E-state index in [1.807, 2.05) is 31.2 Å². The first-order chi connectivity index (χ1) is 12.7. The molecule has 6 heteroatoms. The maximum atomic E-state index is 12.0. The molecule has 1 fully saturated rings. The molecule has 1 amide bonds. The normalized spacial score (nSPS) is 21.0. The second-order valence-corrected chi connectivity index (χ2v) is 7.04. The van der Waals surface area contributed by atoms with Gasteiger partial charge in [0.1, 0.15) is 11.4 Å². The highest BCUT2D eigenvalue weighted by Gasteiger charge is 2.43. The fraction of sp³-hybridized carbons (Fsp3) is 0.450. The fourth-order valence-electron chi connectivity index (χ4n) is 3.92. The predicted octanol–water partition coefficient (Wildman–Crippen LogP) is 2.87. The lowest BCUT2D eigenvalue weighted by molar-refractivity contribution is -0.122. The molecule has 136 valence electrons. The number of aromatic nitrogens is 2. The first-order valence-corrected chi connectivity index (χ1v) is 9.28. The van der Waals surface area contributed by atoms with Crippen LogP contribution in [-0.2, 0) is 4.79 Å². The zero-order valence-corrected chi connectivity index (χ0v) is 15.0. The number of para-hydroxylation sites is 1. The summed E-state index contributed by atoms with van der Waals surface area (Å²) in [5.74, 6) is 1.75.